The maximum absolute atomic E-state index is 10.6. The number of rotatable bonds is 13. The van der Waals surface area contributed by atoms with Gasteiger partial charge in [0.05, 0.1) is 11.7 Å². The van der Waals surface area contributed by atoms with Crippen LogP contribution >= 0.6 is 11.8 Å². The summed E-state index contributed by atoms with van der Waals surface area (Å²) in [5.41, 5.74) is 2.66. The second kappa shape index (κ2) is 12.2. The van der Waals surface area contributed by atoms with Crippen LogP contribution in [0.2, 0.25) is 0 Å². The quantitative estimate of drug-likeness (QED) is 0.357. The summed E-state index contributed by atoms with van der Waals surface area (Å²) >= 11 is 1.72. The van der Waals surface area contributed by atoms with Gasteiger partial charge in [-0.15, -0.1) is 0 Å². The van der Waals surface area contributed by atoms with Crippen LogP contribution < -0.4 is 10.2 Å². The number of aliphatic hydroxyl groups is 2. The van der Waals surface area contributed by atoms with E-state index in [4.69, 9.17) is 0 Å². The van der Waals surface area contributed by atoms with Crippen molar-refractivity contribution in [1.29, 1.82) is 0 Å². The second-order valence-corrected chi connectivity index (χ2v) is 9.34. The summed E-state index contributed by atoms with van der Waals surface area (Å²) in [6.45, 7) is 8.97. The van der Waals surface area contributed by atoms with Crippen molar-refractivity contribution in [3.8, 4) is 0 Å². The van der Waals surface area contributed by atoms with E-state index in [0.29, 0.717) is 18.3 Å². The predicted molar refractivity (Wildman–Crippen MR) is 132 cm³/mol. The first-order chi connectivity index (χ1) is 14.4. The van der Waals surface area contributed by atoms with Crippen LogP contribution in [0.3, 0.4) is 0 Å². The van der Waals surface area contributed by atoms with Crippen molar-refractivity contribution in [3.05, 3.63) is 54.6 Å². The molecule has 0 aliphatic rings. The monoisotopic (exact) mass is 430 g/mol. The van der Waals surface area contributed by atoms with E-state index in [-0.39, 0.29) is 0 Å². The summed E-state index contributed by atoms with van der Waals surface area (Å²) in [5.74, 6) is 1.55. The summed E-state index contributed by atoms with van der Waals surface area (Å²) in [5, 5.41) is 24.4. The lowest BCUT2D eigenvalue weighted by molar-refractivity contribution is 0.0296. The minimum absolute atomic E-state index is 0.294. The third-order valence-electron chi connectivity index (χ3n) is 5.63. The first kappa shape index (κ1) is 24.6. The lowest BCUT2D eigenvalue weighted by atomic mass is 9.95. The van der Waals surface area contributed by atoms with E-state index >= 15 is 0 Å². The van der Waals surface area contributed by atoms with Crippen molar-refractivity contribution >= 4 is 28.8 Å². The number of thioether (sulfide) groups is 1. The molecule has 3 N–H and O–H groups in total. The molecule has 30 heavy (non-hydrogen) atoms. The minimum Gasteiger partial charge on any atom is -0.390 e. The van der Waals surface area contributed by atoms with E-state index in [0.717, 1.165) is 42.1 Å². The van der Waals surface area contributed by atoms with Crippen molar-refractivity contribution in [2.24, 2.45) is 0 Å². The SMILES string of the molecule is CCC(O)(CC)CCSCC(O)CN(c1ccc(Nc2ccccc2)cc1)C(C)C. The third kappa shape index (κ3) is 7.86. The fourth-order valence-electron chi connectivity index (χ4n) is 3.40. The molecular weight excluding hydrogens is 392 g/mol. The molecule has 4 nitrogen and oxygen atoms in total. The molecule has 0 bridgehead atoms. The molecule has 1 unspecified atom stereocenters. The molecule has 0 saturated carbocycles. The number of hydrogen-bond donors (Lipinski definition) is 3. The maximum atomic E-state index is 10.6. The fourth-order valence-corrected chi connectivity index (χ4v) is 4.47. The number of aliphatic hydroxyl groups excluding tert-OH is 1. The van der Waals surface area contributed by atoms with Crippen LogP contribution in [0.25, 0.3) is 0 Å². The number of anilines is 3. The highest BCUT2D eigenvalue weighted by atomic mass is 32.2. The zero-order valence-corrected chi connectivity index (χ0v) is 19.7. The van der Waals surface area contributed by atoms with Crippen LogP contribution in [0.15, 0.2) is 54.6 Å². The molecule has 0 aliphatic heterocycles. The van der Waals surface area contributed by atoms with Gasteiger partial charge in [-0.05, 0) is 75.3 Å². The lowest BCUT2D eigenvalue weighted by Crippen LogP contribution is -2.38. The summed E-state index contributed by atoms with van der Waals surface area (Å²) < 4.78 is 0. The van der Waals surface area contributed by atoms with Crippen molar-refractivity contribution in [2.75, 3.05) is 28.3 Å². The van der Waals surface area contributed by atoms with Crippen LogP contribution in [-0.2, 0) is 0 Å². The smallest absolute Gasteiger partial charge is 0.0805 e. The van der Waals surface area contributed by atoms with E-state index in [1.807, 2.05) is 44.2 Å². The maximum Gasteiger partial charge on any atom is 0.0805 e. The van der Waals surface area contributed by atoms with Crippen molar-refractivity contribution in [3.63, 3.8) is 0 Å². The molecule has 0 saturated heterocycles. The summed E-state index contributed by atoms with van der Waals surface area (Å²) in [6.07, 6.45) is 1.93. The second-order valence-electron chi connectivity index (χ2n) is 8.19. The Bertz CT molecular complexity index is 718. The number of nitrogens with zero attached hydrogens (tertiary/aromatic N) is 1. The topological polar surface area (TPSA) is 55.7 Å². The molecule has 0 heterocycles. The van der Waals surface area contributed by atoms with Gasteiger partial charge in [-0.2, -0.15) is 11.8 Å². The van der Waals surface area contributed by atoms with Crippen LogP contribution in [0.4, 0.5) is 17.1 Å². The van der Waals surface area contributed by atoms with Gasteiger partial charge in [0.1, 0.15) is 0 Å². The summed E-state index contributed by atoms with van der Waals surface area (Å²) in [4.78, 5) is 2.24. The number of hydrogen-bond acceptors (Lipinski definition) is 5. The molecule has 0 radical (unpaired) electrons. The largest absolute Gasteiger partial charge is 0.390 e. The number of para-hydroxylation sites is 1. The Balaban J connectivity index is 1.87. The number of benzene rings is 2. The lowest BCUT2D eigenvalue weighted by Gasteiger charge is -2.31. The Kier molecular flexibility index (Phi) is 10.0. The molecule has 0 aromatic heterocycles. The molecule has 166 valence electrons. The van der Waals surface area contributed by atoms with Gasteiger partial charge in [0.15, 0.2) is 0 Å². The van der Waals surface area contributed by atoms with Crippen LogP contribution in [-0.4, -0.2) is 46.0 Å². The van der Waals surface area contributed by atoms with Gasteiger partial charge < -0.3 is 20.4 Å². The highest BCUT2D eigenvalue weighted by molar-refractivity contribution is 7.99. The molecule has 0 amide bonds. The molecule has 1 atom stereocenters. The van der Waals surface area contributed by atoms with Crippen LogP contribution in [0, 0.1) is 0 Å². The fraction of sp³-hybridized carbons (Fsp3) is 0.520. The average molecular weight is 431 g/mol. The Morgan fingerprint density at radius 3 is 2.13 bits per heavy atom. The highest BCUT2D eigenvalue weighted by Crippen LogP contribution is 2.24. The molecule has 0 aliphatic carbocycles. The first-order valence-corrected chi connectivity index (χ1v) is 12.2. The van der Waals surface area contributed by atoms with Gasteiger partial charge >= 0.3 is 0 Å². The van der Waals surface area contributed by atoms with Gasteiger partial charge in [-0.1, -0.05) is 32.0 Å². The van der Waals surface area contributed by atoms with Gasteiger partial charge in [0.2, 0.25) is 0 Å². The standard InChI is InChI=1S/C25H38N2O2S/c1-5-25(29,6-2)16-17-30-19-24(28)18-27(20(3)4)23-14-12-22(13-15-23)26-21-10-8-7-9-11-21/h7-15,20,24,26,28-29H,5-6,16-19H2,1-4H3. The normalized spacial score (nSPS) is 12.8. The molecule has 2 aromatic carbocycles. The minimum atomic E-state index is -0.558. The summed E-state index contributed by atoms with van der Waals surface area (Å²) in [7, 11) is 0. The van der Waals surface area contributed by atoms with Crippen molar-refractivity contribution in [2.45, 2.75) is 64.7 Å². The molecule has 0 spiro atoms. The van der Waals surface area contributed by atoms with Gasteiger partial charge in [-0.25, -0.2) is 0 Å². The average Bonchev–Trinajstić information content (AvgIpc) is 2.76. The molecule has 0 fully saturated rings. The highest BCUT2D eigenvalue weighted by Gasteiger charge is 2.22. The van der Waals surface area contributed by atoms with Gasteiger partial charge in [0, 0.05) is 35.4 Å². The Hall–Kier alpha value is -1.69. The summed E-state index contributed by atoms with van der Waals surface area (Å²) in [6, 6.07) is 18.8. The molecule has 2 aromatic rings. The van der Waals surface area contributed by atoms with Gasteiger partial charge in [-0.3, -0.25) is 0 Å². The van der Waals surface area contributed by atoms with E-state index in [1.165, 1.54) is 0 Å². The molecule has 5 heteroatoms. The third-order valence-corrected chi connectivity index (χ3v) is 6.74. The van der Waals surface area contributed by atoms with E-state index in [1.54, 1.807) is 11.8 Å². The zero-order valence-electron chi connectivity index (χ0n) is 18.8. The Morgan fingerprint density at radius 1 is 0.967 bits per heavy atom. The van der Waals surface area contributed by atoms with Crippen molar-refractivity contribution < 1.29 is 10.2 Å². The molecule has 2 rings (SSSR count). The van der Waals surface area contributed by atoms with Crippen LogP contribution in [0.1, 0.15) is 47.0 Å². The Labute approximate surface area is 186 Å². The Morgan fingerprint density at radius 2 is 1.57 bits per heavy atom. The van der Waals surface area contributed by atoms with Gasteiger partial charge in [0.25, 0.3) is 0 Å². The molecular formula is C25H38N2O2S. The number of nitrogens with one attached hydrogen (secondary N) is 1. The predicted octanol–water partition coefficient (Wildman–Crippen LogP) is 5.68. The van der Waals surface area contributed by atoms with E-state index < -0.39 is 11.7 Å². The van der Waals surface area contributed by atoms with E-state index in [2.05, 4.69) is 48.3 Å². The zero-order chi connectivity index (χ0) is 22.0. The van der Waals surface area contributed by atoms with Crippen LogP contribution in [0.5, 0.6) is 0 Å². The first-order valence-electron chi connectivity index (χ1n) is 11.0. The van der Waals surface area contributed by atoms with Crippen molar-refractivity contribution in [1.82, 2.24) is 0 Å². The van der Waals surface area contributed by atoms with E-state index in [9.17, 15) is 10.2 Å².